The van der Waals surface area contributed by atoms with Crippen LogP contribution in [0.25, 0.3) is 0 Å². The number of aryl methyl sites for hydroxylation is 1. The Kier molecular flexibility index (Phi) is 5.39. The third-order valence-electron chi connectivity index (χ3n) is 4.68. The Balaban J connectivity index is 1.66. The summed E-state index contributed by atoms with van der Waals surface area (Å²) in [5, 5.41) is 0. The van der Waals surface area contributed by atoms with Crippen molar-refractivity contribution >= 4 is 23.5 Å². The van der Waals surface area contributed by atoms with Crippen LogP contribution in [-0.2, 0) is 0 Å². The number of rotatable bonds is 4. The van der Waals surface area contributed by atoms with Crippen LogP contribution in [-0.4, -0.2) is 66.8 Å². The van der Waals surface area contributed by atoms with Crippen LogP contribution in [0, 0.1) is 6.92 Å². The van der Waals surface area contributed by atoms with Crippen molar-refractivity contribution in [3.05, 3.63) is 47.2 Å². The van der Waals surface area contributed by atoms with E-state index in [1.807, 2.05) is 36.9 Å². The predicted octanol–water partition coefficient (Wildman–Crippen LogP) is 2.02. The highest BCUT2D eigenvalue weighted by atomic mass is 16.2. The molecule has 142 valence electrons. The first kappa shape index (κ1) is 18.8. The number of carbonyl (C=O) groups is 2. The molecule has 1 aliphatic heterocycles. The molecule has 0 aliphatic carbocycles. The Bertz CT molecular complexity index is 840. The summed E-state index contributed by atoms with van der Waals surface area (Å²) in [4.78, 5) is 39.2. The van der Waals surface area contributed by atoms with Crippen molar-refractivity contribution < 1.29 is 9.59 Å². The van der Waals surface area contributed by atoms with Crippen LogP contribution in [0.1, 0.15) is 33.3 Å². The van der Waals surface area contributed by atoms with Crippen molar-refractivity contribution in [1.29, 1.82) is 0 Å². The van der Waals surface area contributed by atoms with Crippen LogP contribution in [0.15, 0.2) is 30.3 Å². The molecule has 1 aromatic heterocycles. The van der Waals surface area contributed by atoms with Gasteiger partial charge in [0.25, 0.3) is 5.91 Å². The molecule has 0 radical (unpaired) electrons. The van der Waals surface area contributed by atoms with Crippen LogP contribution in [0.3, 0.4) is 0 Å². The Hall–Kier alpha value is -2.96. The highest BCUT2D eigenvalue weighted by molar-refractivity contribution is 5.97. The van der Waals surface area contributed by atoms with E-state index in [-0.39, 0.29) is 11.7 Å². The van der Waals surface area contributed by atoms with Gasteiger partial charge in [0.2, 0.25) is 5.95 Å². The van der Waals surface area contributed by atoms with Crippen molar-refractivity contribution in [2.24, 2.45) is 0 Å². The van der Waals surface area contributed by atoms with Gasteiger partial charge in [-0.05, 0) is 26.0 Å². The summed E-state index contributed by atoms with van der Waals surface area (Å²) in [5.74, 6) is 1.57. The topological polar surface area (TPSA) is 69.6 Å². The molecular weight excluding hydrogens is 342 g/mol. The molecule has 1 amide bonds. The molecule has 0 atom stereocenters. The fourth-order valence-corrected chi connectivity index (χ4v) is 3.05. The normalized spacial score (nSPS) is 14.2. The molecule has 1 fully saturated rings. The summed E-state index contributed by atoms with van der Waals surface area (Å²) in [7, 11) is 3.92. The molecule has 0 spiro atoms. The van der Waals surface area contributed by atoms with Gasteiger partial charge in [-0.2, -0.15) is 4.98 Å². The first-order valence-corrected chi connectivity index (χ1v) is 9.03. The third-order valence-corrected chi connectivity index (χ3v) is 4.68. The van der Waals surface area contributed by atoms with Gasteiger partial charge >= 0.3 is 0 Å². The van der Waals surface area contributed by atoms with Crippen LogP contribution in [0.5, 0.6) is 0 Å². The van der Waals surface area contributed by atoms with E-state index in [1.54, 1.807) is 24.3 Å². The molecule has 2 heterocycles. The van der Waals surface area contributed by atoms with Gasteiger partial charge in [0.15, 0.2) is 5.78 Å². The van der Waals surface area contributed by atoms with Crippen molar-refractivity contribution in [3.63, 3.8) is 0 Å². The third kappa shape index (κ3) is 4.24. The van der Waals surface area contributed by atoms with Crippen molar-refractivity contribution in [2.45, 2.75) is 13.8 Å². The number of anilines is 2. The first-order chi connectivity index (χ1) is 12.8. The van der Waals surface area contributed by atoms with Crippen molar-refractivity contribution in [1.82, 2.24) is 14.9 Å². The van der Waals surface area contributed by atoms with Gasteiger partial charge in [0.1, 0.15) is 5.82 Å². The minimum atomic E-state index is -0.0103. The van der Waals surface area contributed by atoms with Gasteiger partial charge in [-0.25, -0.2) is 4.98 Å². The zero-order valence-electron chi connectivity index (χ0n) is 16.3. The Morgan fingerprint density at radius 2 is 1.56 bits per heavy atom. The van der Waals surface area contributed by atoms with E-state index in [2.05, 4.69) is 14.9 Å². The number of hydrogen-bond donors (Lipinski definition) is 0. The fraction of sp³-hybridized carbons (Fsp3) is 0.400. The molecule has 1 aliphatic rings. The largest absolute Gasteiger partial charge is 0.363 e. The van der Waals surface area contributed by atoms with E-state index in [0.717, 1.165) is 11.5 Å². The van der Waals surface area contributed by atoms with Gasteiger partial charge in [-0.15, -0.1) is 0 Å². The van der Waals surface area contributed by atoms with E-state index in [0.29, 0.717) is 43.3 Å². The summed E-state index contributed by atoms with van der Waals surface area (Å²) < 4.78 is 0. The molecule has 0 unspecified atom stereocenters. The van der Waals surface area contributed by atoms with E-state index in [9.17, 15) is 9.59 Å². The number of amides is 1. The highest BCUT2D eigenvalue weighted by Gasteiger charge is 2.24. The zero-order valence-corrected chi connectivity index (χ0v) is 16.3. The maximum absolute atomic E-state index is 12.7. The maximum Gasteiger partial charge on any atom is 0.253 e. The minimum Gasteiger partial charge on any atom is -0.363 e. The molecule has 7 nitrogen and oxygen atoms in total. The molecule has 7 heteroatoms. The number of benzene rings is 1. The van der Waals surface area contributed by atoms with E-state index >= 15 is 0 Å². The molecular formula is C20H25N5O2. The predicted molar refractivity (Wildman–Crippen MR) is 106 cm³/mol. The Labute approximate surface area is 159 Å². The number of carbonyl (C=O) groups excluding carboxylic acids is 2. The molecule has 3 rings (SSSR count). The average Bonchev–Trinajstić information content (AvgIpc) is 2.67. The lowest BCUT2D eigenvalue weighted by Gasteiger charge is -2.35. The number of piperazine rings is 1. The number of hydrogen-bond acceptors (Lipinski definition) is 6. The first-order valence-electron chi connectivity index (χ1n) is 9.03. The van der Waals surface area contributed by atoms with E-state index in [4.69, 9.17) is 0 Å². The summed E-state index contributed by atoms with van der Waals surface area (Å²) >= 11 is 0. The minimum absolute atomic E-state index is 0.00198. The van der Waals surface area contributed by atoms with E-state index in [1.165, 1.54) is 6.92 Å². The molecule has 2 aromatic rings. The lowest BCUT2D eigenvalue weighted by Crippen LogP contribution is -2.49. The van der Waals surface area contributed by atoms with Gasteiger partial charge in [0.05, 0.1) is 0 Å². The molecule has 27 heavy (non-hydrogen) atoms. The second-order valence-corrected chi connectivity index (χ2v) is 6.97. The van der Waals surface area contributed by atoms with Crippen LogP contribution < -0.4 is 9.80 Å². The van der Waals surface area contributed by atoms with Crippen LogP contribution in [0.4, 0.5) is 11.8 Å². The molecule has 0 saturated carbocycles. The van der Waals surface area contributed by atoms with Gasteiger partial charge in [0, 0.05) is 63.2 Å². The molecule has 1 saturated heterocycles. The Morgan fingerprint density at radius 3 is 2.11 bits per heavy atom. The zero-order chi connectivity index (χ0) is 19.6. The van der Waals surface area contributed by atoms with Crippen LogP contribution >= 0.6 is 0 Å². The van der Waals surface area contributed by atoms with Gasteiger partial charge in [-0.3, -0.25) is 9.59 Å². The van der Waals surface area contributed by atoms with Crippen molar-refractivity contribution in [3.8, 4) is 0 Å². The quantitative estimate of drug-likeness (QED) is 0.770. The molecule has 0 bridgehead atoms. The maximum atomic E-state index is 12.7. The monoisotopic (exact) mass is 367 g/mol. The summed E-state index contributed by atoms with van der Waals surface area (Å²) in [5.41, 5.74) is 2.15. The van der Waals surface area contributed by atoms with Crippen molar-refractivity contribution in [2.75, 3.05) is 50.1 Å². The number of nitrogens with zero attached hydrogens (tertiary/aromatic N) is 5. The second kappa shape index (κ2) is 7.73. The smallest absolute Gasteiger partial charge is 0.253 e. The molecule has 1 aromatic carbocycles. The lowest BCUT2D eigenvalue weighted by molar-refractivity contribution is 0.0745. The van der Waals surface area contributed by atoms with Gasteiger partial charge < -0.3 is 14.7 Å². The number of ketones is 1. The SMILES string of the molecule is CC(=O)c1ccc(C(=O)N2CCN(c3nc(C)cc(N(C)C)n3)CC2)cc1. The molecule has 0 N–H and O–H groups in total. The second-order valence-electron chi connectivity index (χ2n) is 6.97. The number of aromatic nitrogens is 2. The summed E-state index contributed by atoms with van der Waals surface area (Å²) in [6.45, 7) is 6.08. The fourth-order valence-electron chi connectivity index (χ4n) is 3.05. The highest BCUT2D eigenvalue weighted by Crippen LogP contribution is 2.18. The van der Waals surface area contributed by atoms with E-state index < -0.39 is 0 Å². The summed E-state index contributed by atoms with van der Waals surface area (Å²) in [6, 6.07) is 8.80. The summed E-state index contributed by atoms with van der Waals surface area (Å²) in [6.07, 6.45) is 0. The Morgan fingerprint density at radius 1 is 0.963 bits per heavy atom. The number of Topliss-reactive ketones (excluding diaryl/α,β-unsaturated/α-hetero) is 1. The lowest BCUT2D eigenvalue weighted by atomic mass is 10.1. The van der Waals surface area contributed by atoms with Crippen LogP contribution in [0.2, 0.25) is 0 Å². The average molecular weight is 367 g/mol. The van der Waals surface area contributed by atoms with Gasteiger partial charge in [-0.1, -0.05) is 12.1 Å². The standard InChI is InChI=1S/C20H25N5O2/c1-14-13-18(23(3)4)22-20(21-14)25-11-9-24(10-12-25)19(27)17-7-5-16(6-8-17)15(2)26/h5-8,13H,9-12H2,1-4H3.